The summed E-state index contributed by atoms with van der Waals surface area (Å²) >= 11 is 0. The number of fused-ring (bicyclic) bond motifs is 2. The Morgan fingerprint density at radius 3 is 2.16 bits per heavy atom. The van der Waals surface area contributed by atoms with Gasteiger partial charge in [0.05, 0.1) is 64.2 Å². The van der Waals surface area contributed by atoms with Crippen molar-refractivity contribution < 1.29 is 33.3 Å². The van der Waals surface area contributed by atoms with Crippen molar-refractivity contribution in [1.82, 2.24) is 20.4 Å². The maximum atomic E-state index is 12.2. The zero-order valence-electron chi connectivity index (χ0n) is 30.3. The molecule has 2 aromatic rings. The number of ether oxygens (including phenoxy) is 5. The zero-order valence-corrected chi connectivity index (χ0v) is 30.3. The van der Waals surface area contributed by atoms with Gasteiger partial charge in [-0.2, -0.15) is 0 Å². The minimum atomic E-state index is -0.517. The van der Waals surface area contributed by atoms with E-state index in [0.29, 0.717) is 72.4 Å². The maximum Gasteiger partial charge on any atom is 0.407 e. The first-order valence-corrected chi connectivity index (χ1v) is 17.8. The first-order chi connectivity index (χ1) is 24.2. The van der Waals surface area contributed by atoms with Crippen molar-refractivity contribution >= 4 is 34.9 Å². The van der Waals surface area contributed by atoms with E-state index in [9.17, 15) is 9.59 Å². The van der Waals surface area contributed by atoms with E-state index in [4.69, 9.17) is 28.7 Å². The van der Waals surface area contributed by atoms with E-state index in [2.05, 4.69) is 75.1 Å². The molecule has 0 radical (unpaired) electrons. The Morgan fingerprint density at radius 2 is 1.46 bits per heavy atom. The lowest BCUT2D eigenvalue weighted by Crippen LogP contribution is -2.49. The summed E-state index contributed by atoms with van der Waals surface area (Å²) in [5.41, 5.74) is 4.88. The van der Waals surface area contributed by atoms with E-state index in [1.54, 1.807) is 0 Å². The molecule has 0 spiro atoms. The molecule has 2 aliphatic rings. The number of amidine groups is 1. The molecule has 0 saturated carbocycles. The van der Waals surface area contributed by atoms with Crippen molar-refractivity contribution in [3.63, 3.8) is 0 Å². The Balaban J connectivity index is 0.960. The molecule has 2 aromatic carbocycles. The van der Waals surface area contributed by atoms with Gasteiger partial charge in [0.1, 0.15) is 11.4 Å². The molecular formula is C37H56N6O7. The SMILES string of the molecule is Cc1ccc2c(c1)N=C(N1CCN(CCCNC(=O)CCOCCOCCOCCOCCNC(=O)OC(C)(C)C)CC1)c1ccccc1N2. The minimum Gasteiger partial charge on any atom is -0.444 e. The number of amides is 2. The van der Waals surface area contributed by atoms with Crippen molar-refractivity contribution in [1.29, 1.82) is 0 Å². The van der Waals surface area contributed by atoms with Crippen LogP contribution in [0.2, 0.25) is 0 Å². The van der Waals surface area contributed by atoms with Gasteiger partial charge in [-0.3, -0.25) is 9.69 Å². The Labute approximate surface area is 297 Å². The number of anilines is 2. The fourth-order valence-corrected chi connectivity index (χ4v) is 5.46. The number of aryl methyl sites for hydroxylation is 1. The van der Waals surface area contributed by atoms with Crippen LogP contribution in [0.4, 0.5) is 21.9 Å². The number of piperazine rings is 1. The molecule has 0 aliphatic carbocycles. The standard InChI is InChI=1S/C37H56N6O7/c1-29-10-11-32-33(28-29)41-35(30-8-5-6-9-31(30)40-32)43-18-16-42(17-19-43)15-7-13-38-34(44)12-20-46-22-24-48-26-27-49-25-23-47-21-14-39-36(45)50-37(2,3)4/h5-6,8-11,28,40H,7,12-27H2,1-4H3,(H,38,44)(H,39,45). The highest BCUT2D eigenvalue weighted by Crippen LogP contribution is 2.35. The molecule has 3 N–H and O–H groups in total. The van der Waals surface area contributed by atoms with Gasteiger partial charge in [-0.05, 0) is 70.5 Å². The van der Waals surface area contributed by atoms with E-state index >= 15 is 0 Å². The number of para-hydroxylation sites is 1. The molecule has 1 fully saturated rings. The molecule has 2 amide bonds. The predicted molar refractivity (Wildman–Crippen MR) is 195 cm³/mol. The number of nitrogens with zero attached hydrogens (tertiary/aromatic N) is 3. The fraction of sp³-hybridized carbons (Fsp3) is 0.595. The van der Waals surface area contributed by atoms with Crippen molar-refractivity contribution in [3.8, 4) is 0 Å². The predicted octanol–water partition coefficient (Wildman–Crippen LogP) is 4.24. The number of aliphatic imine (C=N–C) groups is 1. The van der Waals surface area contributed by atoms with Crippen LogP contribution in [0.5, 0.6) is 0 Å². The number of alkyl carbamates (subject to hydrolysis) is 1. The number of hydrogen-bond donors (Lipinski definition) is 3. The maximum absolute atomic E-state index is 12.2. The largest absolute Gasteiger partial charge is 0.444 e. The lowest BCUT2D eigenvalue weighted by atomic mass is 10.1. The van der Waals surface area contributed by atoms with Crippen LogP contribution in [0.25, 0.3) is 0 Å². The number of benzene rings is 2. The summed E-state index contributed by atoms with van der Waals surface area (Å²) in [6.45, 7) is 16.6. The summed E-state index contributed by atoms with van der Waals surface area (Å²) in [6, 6.07) is 14.7. The zero-order chi connectivity index (χ0) is 35.6. The molecule has 0 bridgehead atoms. The Morgan fingerprint density at radius 1 is 0.800 bits per heavy atom. The first-order valence-electron chi connectivity index (χ1n) is 17.8. The molecule has 13 heteroatoms. The summed E-state index contributed by atoms with van der Waals surface area (Å²) < 4.78 is 27.1. The average molecular weight is 697 g/mol. The van der Waals surface area contributed by atoms with Gasteiger partial charge in [0.15, 0.2) is 0 Å². The third kappa shape index (κ3) is 14.2. The summed E-state index contributed by atoms with van der Waals surface area (Å²) in [4.78, 5) is 33.8. The van der Waals surface area contributed by atoms with Crippen molar-refractivity contribution in [2.75, 3.05) is 104 Å². The van der Waals surface area contributed by atoms with Gasteiger partial charge in [0, 0.05) is 56.9 Å². The second-order valence-electron chi connectivity index (χ2n) is 13.3. The molecule has 50 heavy (non-hydrogen) atoms. The fourth-order valence-electron chi connectivity index (χ4n) is 5.46. The van der Waals surface area contributed by atoms with Crippen LogP contribution >= 0.6 is 0 Å². The van der Waals surface area contributed by atoms with Crippen LogP contribution in [-0.2, 0) is 28.5 Å². The Bertz CT molecular complexity index is 1370. The topological polar surface area (TPSA) is 135 Å². The smallest absolute Gasteiger partial charge is 0.407 e. The quantitative estimate of drug-likeness (QED) is 0.183. The number of rotatable bonds is 19. The Kier molecular flexibility index (Phi) is 16.2. The van der Waals surface area contributed by atoms with Gasteiger partial charge in [-0.15, -0.1) is 0 Å². The molecule has 0 aromatic heterocycles. The van der Waals surface area contributed by atoms with Gasteiger partial charge >= 0.3 is 6.09 Å². The van der Waals surface area contributed by atoms with Gasteiger partial charge in [-0.25, -0.2) is 9.79 Å². The highest BCUT2D eigenvalue weighted by Gasteiger charge is 2.25. The molecular weight excluding hydrogens is 640 g/mol. The van der Waals surface area contributed by atoms with Crippen LogP contribution in [0.3, 0.4) is 0 Å². The second kappa shape index (κ2) is 20.8. The second-order valence-corrected chi connectivity index (χ2v) is 13.3. The number of carbonyl (C=O) groups excluding carboxylic acids is 2. The number of hydrogen-bond acceptors (Lipinski definition) is 11. The van der Waals surface area contributed by atoms with Crippen LogP contribution in [-0.4, -0.2) is 132 Å². The lowest BCUT2D eigenvalue weighted by Gasteiger charge is -2.36. The third-order valence-electron chi connectivity index (χ3n) is 7.97. The summed E-state index contributed by atoms with van der Waals surface area (Å²) in [6.07, 6.45) is 0.777. The van der Waals surface area contributed by atoms with Crippen molar-refractivity contribution in [2.24, 2.45) is 4.99 Å². The molecule has 4 rings (SSSR count). The first kappa shape index (κ1) is 39.0. The molecule has 276 valence electrons. The number of nitrogens with one attached hydrogen (secondary N) is 3. The van der Waals surface area contributed by atoms with Gasteiger partial charge in [-0.1, -0.05) is 18.2 Å². The van der Waals surface area contributed by atoms with Crippen LogP contribution in [0.15, 0.2) is 47.5 Å². The molecule has 1 saturated heterocycles. The third-order valence-corrected chi connectivity index (χ3v) is 7.97. The van der Waals surface area contributed by atoms with Gasteiger partial charge in [0.25, 0.3) is 0 Å². The van der Waals surface area contributed by atoms with E-state index in [1.807, 2.05) is 20.8 Å². The van der Waals surface area contributed by atoms with Gasteiger partial charge in [0.2, 0.25) is 5.91 Å². The van der Waals surface area contributed by atoms with E-state index in [0.717, 1.165) is 67.6 Å². The molecule has 0 unspecified atom stereocenters. The van der Waals surface area contributed by atoms with E-state index in [1.165, 1.54) is 5.56 Å². The summed E-state index contributed by atoms with van der Waals surface area (Å²) in [5.74, 6) is 1.02. The van der Waals surface area contributed by atoms with Crippen molar-refractivity contribution in [2.45, 2.75) is 46.1 Å². The summed E-state index contributed by atoms with van der Waals surface area (Å²) in [7, 11) is 0. The van der Waals surface area contributed by atoms with E-state index in [-0.39, 0.29) is 5.91 Å². The Hall–Kier alpha value is -3.75. The minimum absolute atomic E-state index is 0.00106. The van der Waals surface area contributed by atoms with Gasteiger partial charge < -0.3 is 44.5 Å². The van der Waals surface area contributed by atoms with Crippen LogP contribution < -0.4 is 16.0 Å². The number of carbonyl (C=O) groups is 2. The normalized spacial score (nSPS) is 14.6. The van der Waals surface area contributed by atoms with E-state index < -0.39 is 11.7 Å². The highest BCUT2D eigenvalue weighted by atomic mass is 16.6. The van der Waals surface area contributed by atoms with Crippen LogP contribution in [0.1, 0.15) is 44.7 Å². The molecule has 13 nitrogen and oxygen atoms in total. The molecule has 0 atom stereocenters. The molecule has 2 heterocycles. The monoisotopic (exact) mass is 696 g/mol. The summed E-state index contributed by atoms with van der Waals surface area (Å²) in [5, 5.41) is 9.22. The highest BCUT2D eigenvalue weighted by molar-refractivity contribution is 6.07. The van der Waals surface area contributed by atoms with Crippen LogP contribution in [0, 0.1) is 6.92 Å². The molecule has 2 aliphatic heterocycles. The lowest BCUT2D eigenvalue weighted by molar-refractivity contribution is -0.122. The van der Waals surface area contributed by atoms with Crippen molar-refractivity contribution in [3.05, 3.63) is 53.6 Å². The average Bonchev–Trinajstić information content (AvgIpc) is 3.24.